The number of amides is 1. The largest absolute Gasteiger partial charge is 0.326 e. The van der Waals surface area contributed by atoms with Crippen LogP contribution in [0.1, 0.15) is 5.56 Å². The summed E-state index contributed by atoms with van der Waals surface area (Å²) in [6.07, 6.45) is 1.85. The highest BCUT2D eigenvalue weighted by Gasteiger charge is 2.06. The molecule has 6 nitrogen and oxygen atoms in total. The van der Waals surface area contributed by atoms with Crippen molar-refractivity contribution < 1.29 is 4.79 Å². The second kappa shape index (κ2) is 6.52. The first-order valence-electron chi connectivity index (χ1n) is 7.89. The van der Waals surface area contributed by atoms with Crippen LogP contribution < -0.4 is 5.32 Å². The maximum absolute atomic E-state index is 12.3. The van der Waals surface area contributed by atoms with Gasteiger partial charge in [-0.25, -0.2) is 4.68 Å². The lowest BCUT2D eigenvalue weighted by molar-refractivity contribution is -0.115. The summed E-state index contributed by atoms with van der Waals surface area (Å²) < 4.78 is 1.56. The molecular weight excluding hydrogens is 314 g/mol. The van der Waals surface area contributed by atoms with Crippen molar-refractivity contribution in [2.75, 3.05) is 5.32 Å². The molecule has 0 aliphatic heterocycles. The summed E-state index contributed by atoms with van der Waals surface area (Å²) in [5.74, 6) is -0.0505. The van der Waals surface area contributed by atoms with Crippen molar-refractivity contribution in [2.45, 2.75) is 6.42 Å². The fourth-order valence-corrected chi connectivity index (χ4v) is 2.72. The third-order valence-electron chi connectivity index (χ3n) is 3.94. The predicted octanol–water partition coefficient (Wildman–Crippen LogP) is 3.00. The first kappa shape index (κ1) is 15.0. The van der Waals surface area contributed by atoms with Crippen molar-refractivity contribution in [1.29, 1.82) is 0 Å². The van der Waals surface area contributed by atoms with Crippen LogP contribution in [-0.2, 0) is 11.2 Å². The molecule has 0 radical (unpaired) electrons. The zero-order valence-electron chi connectivity index (χ0n) is 13.3. The van der Waals surface area contributed by atoms with E-state index in [9.17, 15) is 4.79 Å². The Morgan fingerprint density at radius 3 is 2.52 bits per heavy atom. The van der Waals surface area contributed by atoms with Crippen LogP contribution in [0, 0.1) is 0 Å². The molecule has 1 N–H and O–H groups in total. The highest BCUT2D eigenvalue weighted by atomic mass is 16.1. The smallest absolute Gasteiger partial charge is 0.228 e. The molecule has 25 heavy (non-hydrogen) atoms. The summed E-state index contributed by atoms with van der Waals surface area (Å²) in [4.78, 5) is 12.3. The van der Waals surface area contributed by atoms with Crippen LogP contribution >= 0.6 is 0 Å². The van der Waals surface area contributed by atoms with Gasteiger partial charge in [0.25, 0.3) is 0 Å². The van der Waals surface area contributed by atoms with E-state index in [1.165, 1.54) is 11.7 Å². The SMILES string of the molecule is O=C(Cc1ccc2ccccc2c1)Nc1ccc(-n2cnnn2)cc1. The molecule has 0 aliphatic rings. The molecule has 0 saturated carbocycles. The van der Waals surface area contributed by atoms with Gasteiger partial charge in [-0.2, -0.15) is 0 Å². The molecule has 4 aromatic rings. The summed E-state index contributed by atoms with van der Waals surface area (Å²) in [5, 5.41) is 16.2. The van der Waals surface area contributed by atoms with Crippen LogP contribution in [0.3, 0.4) is 0 Å². The maximum Gasteiger partial charge on any atom is 0.228 e. The van der Waals surface area contributed by atoms with Gasteiger partial charge in [0.05, 0.1) is 12.1 Å². The average Bonchev–Trinajstić information content (AvgIpc) is 3.17. The Morgan fingerprint density at radius 1 is 0.960 bits per heavy atom. The van der Waals surface area contributed by atoms with E-state index in [4.69, 9.17) is 0 Å². The number of hydrogen-bond acceptors (Lipinski definition) is 4. The minimum Gasteiger partial charge on any atom is -0.326 e. The van der Waals surface area contributed by atoms with Crippen LogP contribution in [0.5, 0.6) is 0 Å². The minimum atomic E-state index is -0.0505. The zero-order valence-corrected chi connectivity index (χ0v) is 13.3. The standard InChI is InChI=1S/C19H15N5O/c25-19(12-14-5-6-15-3-1-2-4-16(15)11-14)21-17-7-9-18(10-8-17)24-13-20-22-23-24/h1-11,13H,12H2,(H,21,25). The van der Waals surface area contributed by atoms with E-state index in [-0.39, 0.29) is 5.91 Å². The van der Waals surface area contributed by atoms with Crippen LogP contribution in [-0.4, -0.2) is 26.1 Å². The number of anilines is 1. The van der Waals surface area contributed by atoms with Crippen molar-refractivity contribution >= 4 is 22.4 Å². The molecule has 4 rings (SSSR count). The molecule has 0 bridgehead atoms. The quantitative estimate of drug-likeness (QED) is 0.625. The number of carbonyl (C=O) groups is 1. The molecule has 0 unspecified atom stereocenters. The van der Waals surface area contributed by atoms with E-state index >= 15 is 0 Å². The number of benzene rings is 3. The van der Waals surface area contributed by atoms with Gasteiger partial charge in [0.15, 0.2) is 0 Å². The Labute approximate surface area is 144 Å². The second-order valence-electron chi connectivity index (χ2n) is 5.71. The Balaban J connectivity index is 1.44. The number of carbonyl (C=O) groups excluding carboxylic acids is 1. The number of rotatable bonds is 4. The first-order valence-corrected chi connectivity index (χ1v) is 7.89. The zero-order chi connectivity index (χ0) is 17.1. The lowest BCUT2D eigenvalue weighted by Crippen LogP contribution is -2.14. The van der Waals surface area contributed by atoms with Gasteiger partial charge >= 0.3 is 0 Å². The van der Waals surface area contributed by atoms with Gasteiger partial charge < -0.3 is 5.32 Å². The number of nitrogens with one attached hydrogen (secondary N) is 1. The lowest BCUT2D eigenvalue weighted by atomic mass is 10.0. The molecule has 6 heteroatoms. The van der Waals surface area contributed by atoms with Crippen LogP contribution in [0.15, 0.2) is 73.1 Å². The summed E-state index contributed by atoms with van der Waals surface area (Å²) in [5.41, 5.74) is 2.56. The first-order chi connectivity index (χ1) is 12.3. The van der Waals surface area contributed by atoms with Gasteiger partial charge in [0.2, 0.25) is 5.91 Å². The molecule has 0 atom stereocenters. The Kier molecular flexibility index (Phi) is 3.92. The van der Waals surface area contributed by atoms with Gasteiger partial charge in [-0.3, -0.25) is 4.79 Å². The molecule has 3 aromatic carbocycles. The number of tetrazole rings is 1. The Bertz CT molecular complexity index is 1010. The van der Waals surface area contributed by atoms with Gasteiger partial charge in [-0.1, -0.05) is 42.5 Å². The summed E-state index contributed by atoms with van der Waals surface area (Å²) in [7, 11) is 0. The third kappa shape index (κ3) is 3.37. The molecule has 0 fully saturated rings. The maximum atomic E-state index is 12.3. The van der Waals surface area contributed by atoms with Crippen LogP contribution in [0.4, 0.5) is 5.69 Å². The molecular formula is C19H15N5O. The molecule has 0 saturated heterocycles. The average molecular weight is 329 g/mol. The second-order valence-corrected chi connectivity index (χ2v) is 5.71. The summed E-state index contributed by atoms with van der Waals surface area (Å²) >= 11 is 0. The van der Waals surface area contributed by atoms with E-state index in [0.29, 0.717) is 6.42 Å². The van der Waals surface area contributed by atoms with Crippen LogP contribution in [0.2, 0.25) is 0 Å². The summed E-state index contributed by atoms with van der Waals surface area (Å²) in [6, 6.07) is 21.6. The number of aromatic nitrogens is 4. The van der Waals surface area contributed by atoms with Gasteiger partial charge in [0, 0.05) is 5.69 Å². The van der Waals surface area contributed by atoms with E-state index in [2.05, 4.69) is 39.0 Å². The Hall–Kier alpha value is -3.54. The van der Waals surface area contributed by atoms with E-state index in [1.54, 1.807) is 4.68 Å². The molecule has 1 heterocycles. The highest BCUT2D eigenvalue weighted by Crippen LogP contribution is 2.17. The van der Waals surface area contributed by atoms with E-state index in [1.807, 2.05) is 48.5 Å². The van der Waals surface area contributed by atoms with Crippen molar-refractivity contribution in [3.63, 3.8) is 0 Å². The molecule has 0 spiro atoms. The minimum absolute atomic E-state index is 0.0505. The number of hydrogen-bond donors (Lipinski definition) is 1. The monoisotopic (exact) mass is 329 g/mol. The van der Waals surface area contributed by atoms with Crippen molar-refractivity contribution in [3.05, 3.63) is 78.6 Å². The van der Waals surface area contributed by atoms with Crippen molar-refractivity contribution in [3.8, 4) is 5.69 Å². The topological polar surface area (TPSA) is 72.7 Å². The molecule has 1 amide bonds. The third-order valence-corrected chi connectivity index (χ3v) is 3.94. The van der Waals surface area contributed by atoms with Gasteiger partial charge in [-0.15, -0.1) is 5.10 Å². The fraction of sp³-hybridized carbons (Fsp3) is 0.0526. The van der Waals surface area contributed by atoms with Crippen molar-refractivity contribution in [1.82, 2.24) is 20.2 Å². The van der Waals surface area contributed by atoms with Crippen molar-refractivity contribution in [2.24, 2.45) is 0 Å². The van der Waals surface area contributed by atoms with Gasteiger partial charge in [0.1, 0.15) is 6.33 Å². The van der Waals surface area contributed by atoms with E-state index in [0.717, 1.165) is 22.3 Å². The predicted molar refractivity (Wildman–Crippen MR) is 95.4 cm³/mol. The number of fused-ring (bicyclic) bond motifs is 1. The normalized spacial score (nSPS) is 10.7. The number of nitrogens with zero attached hydrogens (tertiary/aromatic N) is 4. The molecule has 122 valence electrons. The highest BCUT2D eigenvalue weighted by molar-refractivity contribution is 5.93. The van der Waals surface area contributed by atoms with Gasteiger partial charge in [-0.05, 0) is 51.0 Å². The fourth-order valence-electron chi connectivity index (χ4n) is 2.72. The van der Waals surface area contributed by atoms with Crippen LogP contribution in [0.25, 0.3) is 16.5 Å². The van der Waals surface area contributed by atoms with E-state index < -0.39 is 0 Å². The molecule has 1 aromatic heterocycles. The molecule has 0 aliphatic carbocycles. The Morgan fingerprint density at radius 2 is 1.76 bits per heavy atom. The lowest BCUT2D eigenvalue weighted by Gasteiger charge is -2.07. The summed E-state index contributed by atoms with van der Waals surface area (Å²) in [6.45, 7) is 0.